The molecule has 0 spiro atoms. The molecule has 0 unspecified atom stereocenters. The fourth-order valence-electron chi connectivity index (χ4n) is 3.91. The van der Waals surface area contributed by atoms with Crippen LogP contribution in [0.4, 0.5) is 5.82 Å². The van der Waals surface area contributed by atoms with Crippen LogP contribution >= 0.6 is 0 Å². The van der Waals surface area contributed by atoms with E-state index in [1.165, 1.54) is 18.2 Å². The molecule has 1 saturated heterocycles. The van der Waals surface area contributed by atoms with Crippen LogP contribution in [0.15, 0.2) is 78.9 Å². The Labute approximate surface area is 171 Å². The quantitative estimate of drug-likeness (QED) is 0.624. The van der Waals surface area contributed by atoms with Crippen LogP contribution in [0.2, 0.25) is 0 Å². The molecule has 1 aliphatic heterocycles. The van der Waals surface area contributed by atoms with Gasteiger partial charge in [0.2, 0.25) is 0 Å². The molecule has 0 atom stereocenters. The number of hydrogen-bond acceptors (Lipinski definition) is 5. The van der Waals surface area contributed by atoms with Crippen molar-refractivity contribution in [2.24, 2.45) is 0 Å². The lowest BCUT2D eigenvalue weighted by atomic mass is 9.96. The van der Waals surface area contributed by atoms with E-state index in [1.807, 2.05) is 12.1 Å². The minimum atomic E-state index is -0.404. The summed E-state index contributed by atoms with van der Waals surface area (Å²) >= 11 is 0. The van der Waals surface area contributed by atoms with Gasteiger partial charge >= 0.3 is 5.97 Å². The second-order valence-corrected chi connectivity index (χ2v) is 7.12. The second-order valence-electron chi connectivity index (χ2n) is 7.12. The maximum absolute atomic E-state index is 11.8. The Kier molecular flexibility index (Phi) is 5.86. The third kappa shape index (κ3) is 4.30. The van der Waals surface area contributed by atoms with Crippen LogP contribution in [0.1, 0.15) is 27.7 Å². The smallest absolute Gasteiger partial charge is 0.356 e. The van der Waals surface area contributed by atoms with E-state index < -0.39 is 5.97 Å². The van der Waals surface area contributed by atoms with Gasteiger partial charge in [0.05, 0.1) is 13.2 Å². The first-order valence-corrected chi connectivity index (χ1v) is 9.90. The van der Waals surface area contributed by atoms with Crippen molar-refractivity contribution >= 4 is 11.8 Å². The Hall–Kier alpha value is -3.18. The molecule has 0 radical (unpaired) electrons. The lowest BCUT2D eigenvalue weighted by Crippen LogP contribution is -2.48. The average molecular weight is 387 g/mol. The predicted octanol–water partition coefficient (Wildman–Crippen LogP) is 3.78. The third-order valence-electron chi connectivity index (χ3n) is 5.36. The van der Waals surface area contributed by atoms with Crippen molar-refractivity contribution in [1.29, 1.82) is 0 Å². The molecule has 29 heavy (non-hydrogen) atoms. The SMILES string of the molecule is COC(=O)c1cccc(N2CCN(C(c3ccccc3)c3ccccc3)CC2)n1. The van der Waals surface area contributed by atoms with Crippen molar-refractivity contribution in [2.75, 3.05) is 38.2 Å². The second kappa shape index (κ2) is 8.88. The summed E-state index contributed by atoms with van der Waals surface area (Å²) in [6.07, 6.45) is 0. The van der Waals surface area contributed by atoms with E-state index >= 15 is 0 Å². The fraction of sp³-hybridized carbons (Fsp3) is 0.250. The van der Waals surface area contributed by atoms with Crippen molar-refractivity contribution in [2.45, 2.75) is 6.04 Å². The first-order valence-electron chi connectivity index (χ1n) is 9.90. The molecule has 1 aromatic heterocycles. The van der Waals surface area contributed by atoms with Gasteiger partial charge in [-0.05, 0) is 23.3 Å². The summed E-state index contributed by atoms with van der Waals surface area (Å²) in [5.41, 5.74) is 2.95. The number of carbonyl (C=O) groups excluding carboxylic acids is 1. The van der Waals surface area contributed by atoms with Crippen molar-refractivity contribution in [1.82, 2.24) is 9.88 Å². The van der Waals surface area contributed by atoms with Crippen LogP contribution < -0.4 is 4.90 Å². The highest BCUT2D eigenvalue weighted by molar-refractivity contribution is 5.87. The van der Waals surface area contributed by atoms with Gasteiger partial charge in [0.25, 0.3) is 0 Å². The highest BCUT2D eigenvalue weighted by Crippen LogP contribution is 2.30. The van der Waals surface area contributed by atoms with E-state index in [9.17, 15) is 4.79 Å². The highest BCUT2D eigenvalue weighted by atomic mass is 16.5. The van der Waals surface area contributed by atoms with E-state index in [1.54, 1.807) is 6.07 Å². The van der Waals surface area contributed by atoms with Crippen LogP contribution in [0.3, 0.4) is 0 Å². The van der Waals surface area contributed by atoms with Gasteiger partial charge in [0, 0.05) is 26.2 Å². The van der Waals surface area contributed by atoms with E-state index in [0.29, 0.717) is 5.69 Å². The van der Waals surface area contributed by atoms with Crippen LogP contribution in [-0.4, -0.2) is 49.1 Å². The third-order valence-corrected chi connectivity index (χ3v) is 5.36. The van der Waals surface area contributed by atoms with Gasteiger partial charge in [-0.25, -0.2) is 9.78 Å². The Morgan fingerprint density at radius 2 is 1.41 bits per heavy atom. The molecule has 2 aromatic carbocycles. The monoisotopic (exact) mass is 387 g/mol. The largest absolute Gasteiger partial charge is 0.464 e. The zero-order valence-corrected chi connectivity index (χ0v) is 16.6. The number of hydrogen-bond donors (Lipinski definition) is 0. The van der Waals surface area contributed by atoms with Crippen molar-refractivity contribution in [3.05, 3.63) is 95.7 Å². The molecule has 0 bridgehead atoms. The lowest BCUT2D eigenvalue weighted by Gasteiger charge is -2.40. The summed E-state index contributed by atoms with van der Waals surface area (Å²) in [6.45, 7) is 3.54. The summed E-state index contributed by atoms with van der Waals surface area (Å²) in [4.78, 5) is 21.0. The average Bonchev–Trinajstić information content (AvgIpc) is 2.81. The van der Waals surface area contributed by atoms with Crippen LogP contribution in [0.25, 0.3) is 0 Å². The summed E-state index contributed by atoms with van der Waals surface area (Å²) in [5, 5.41) is 0. The summed E-state index contributed by atoms with van der Waals surface area (Å²) in [6, 6.07) is 27.0. The molecule has 148 valence electrons. The van der Waals surface area contributed by atoms with Gasteiger partial charge in [-0.3, -0.25) is 4.90 Å². The number of aromatic nitrogens is 1. The molecule has 4 rings (SSSR count). The van der Waals surface area contributed by atoms with Crippen molar-refractivity contribution < 1.29 is 9.53 Å². The number of esters is 1. The number of pyridine rings is 1. The molecule has 5 heteroatoms. The van der Waals surface area contributed by atoms with E-state index in [2.05, 4.69) is 75.4 Å². The first kappa shape index (κ1) is 19.2. The maximum Gasteiger partial charge on any atom is 0.356 e. The molecular formula is C24H25N3O2. The van der Waals surface area contributed by atoms with Crippen LogP contribution in [0.5, 0.6) is 0 Å². The first-order chi connectivity index (χ1) is 14.3. The number of benzene rings is 2. The number of piperazine rings is 1. The van der Waals surface area contributed by atoms with E-state index in [-0.39, 0.29) is 6.04 Å². The van der Waals surface area contributed by atoms with Gasteiger partial charge < -0.3 is 9.64 Å². The molecule has 0 saturated carbocycles. The predicted molar refractivity (Wildman–Crippen MR) is 114 cm³/mol. The molecule has 1 fully saturated rings. The summed E-state index contributed by atoms with van der Waals surface area (Å²) in [7, 11) is 1.38. The van der Waals surface area contributed by atoms with Gasteiger partial charge in [0.1, 0.15) is 5.82 Å². The molecule has 0 N–H and O–H groups in total. The van der Waals surface area contributed by atoms with Gasteiger partial charge in [-0.1, -0.05) is 66.7 Å². The summed E-state index contributed by atoms with van der Waals surface area (Å²) in [5.74, 6) is 0.419. The van der Waals surface area contributed by atoms with Gasteiger partial charge in [-0.2, -0.15) is 0 Å². The molecule has 0 amide bonds. The Bertz CT molecular complexity index is 899. The number of methoxy groups -OCH3 is 1. The van der Waals surface area contributed by atoms with Gasteiger partial charge in [-0.15, -0.1) is 0 Å². The molecule has 0 aliphatic carbocycles. The molecule has 1 aliphatic rings. The van der Waals surface area contributed by atoms with Crippen LogP contribution in [-0.2, 0) is 4.74 Å². The number of rotatable bonds is 5. The zero-order chi connectivity index (χ0) is 20.1. The fourth-order valence-corrected chi connectivity index (χ4v) is 3.91. The Balaban J connectivity index is 1.52. The standard InChI is InChI=1S/C24H25N3O2/c1-29-24(28)21-13-8-14-22(25-21)26-15-17-27(18-16-26)23(19-9-4-2-5-10-19)20-11-6-3-7-12-20/h2-14,23H,15-18H2,1H3. The van der Waals surface area contributed by atoms with Crippen LogP contribution in [0, 0.1) is 0 Å². The maximum atomic E-state index is 11.8. The lowest BCUT2D eigenvalue weighted by molar-refractivity contribution is 0.0594. The Morgan fingerprint density at radius 3 is 1.97 bits per heavy atom. The van der Waals surface area contributed by atoms with Crippen molar-refractivity contribution in [3.63, 3.8) is 0 Å². The topological polar surface area (TPSA) is 45.7 Å². The Morgan fingerprint density at radius 1 is 0.828 bits per heavy atom. The van der Waals surface area contributed by atoms with E-state index in [4.69, 9.17) is 4.74 Å². The highest BCUT2D eigenvalue weighted by Gasteiger charge is 2.27. The number of anilines is 1. The molecular weight excluding hydrogens is 362 g/mol. The molecule has 2 heterocycles. The van der Waals surface area contributed by atoms with E-state index in [0.717, 1.165) is 32.0 Å². The molecule has 5 nitrogen and oxygen atoms in total. The van der Waals surface area contributed by atoms with Gasteiger partial charge in [0.15, 0.2) is 5.69 Å². The number of ether oxygens (including phenoxy) is 1. The minimum Gasteiger partial charge on any atom is -0.464 e. The summed E-state index contributed by atoms with van der Waals surface area (Å²) < 4.78 is 4.80. The minimum absolute atomic E-state index is 0.230. The number of nitrogens with zero attached hydrogens (tertiary/aromatic N) is 3. The normalized spacial score (nSPS) is 14.8. The molecule has 3 aromatic rings. The number of carbonyl (C=O) groups is 1. The van der Waals surface area contributed by atoms with Crippen molar-refractivity contribution in [3.8, 4) is 0 Å². The zero-order valence-electron chi connectivity index (χ0n) is 16.6.